The number of rotatable bonds is 5. The number of H-pyrrole nitrogens is 1. The molecule has 1 aromatic heterocycles. The maximum atomic E-state index is 12.2. The lowest BCUT2D eigenvalue weighted by molar-refractivity contribution is -0.132. The topological polar surface area (TPSA) is 83.2 Å². The van der Waals surface area contributed by atoms with E-state index in [1.807, 2.05) is 43.3 Å². The van der Waals surface area contributed by atoms with E-state index in [1.165, 1.54) is 0 Å². The quantitative estimate of drug-likeness (QED) is 0.543. The van der Waals surface area contributed by atoms with E-state index in [0.29, 0.717) is 5.75 Å². The Labute approximate surface area is 165 Å². The highest BCUT2D eigenvalue weighted by Gasteiger charge is 2.17. The number of nitrogens with one attached hydrogen (secondary N) is 3. The summed E-state index contributed by atoms with van der Waals surface area (Å²) in [6.45, 7) is 3.58. The number of hydrogen-bond donors (Lipinski definition) is 3. The largest absolute Gasteiger partial charge is 0.480 e. The van der Waals surface area contributed by atoms with Crippen LogP contribution in [0.4, 0.5) is 0 Å². The molecule has 3 N–H and O–H groups in total. The Balaban J connectivity index is 1.52. The molecule has 140 valence electrons. The van der Waals surface area contributed by atoms with Gasteiger partial charge in [-0.15, -0.1) is 0 Å². The molecule has 6 nitrogen and oxygen atoms in total. The van der Waals surface area contributed by atoms with Crippen molar-refractivity contribution in [1.29, 1.82) is 0 Å². The minimum absolute atomic E-state index is 0.156. The van der Waals surface area contributed by atoms with E-state index in [9.17, 15) is 9.59 Å². The van der Waals surface area contributed by atoms with Crippen molar-refractivity contribution in [3.63, 3.8) is 0 Å². The number of fused-ring (bicyclic) bond motifs is 1. The molecule has 7 heteroatoms. The third-order valence-corrected chi connectivity index (χ3v) is 4.73. The van der Waals surface area contributed by atoms with Crippen LogP contribution in [0.2, 0.25) is 0 Å². The van der Waals surface area contributed by atoms with E-state index in [-0.39, 0.29) is 12.3 Å². The lowest BCUT2D eigenvalue weighted by Crippen LogP contribution is -2.47. The van der Waals surface area contributed by atoms with Crippen LogP contribution in [0.1, 0.15) is 18.1 Å². The molecule has 0 bridgehead atoms. The molecule has 0 saturated carbocycles. The molecule has 0 spiro atoms. The summed E-state index contributed by atoms with van der Waals surface area (Å²) in [6.07, 6.45) is 1.19. The molecule has 1 unspecified atom stereocenters. The number of hydrogen-bond acceptors (Lipinski definition) is 3. The molecule has 2 amide bonds. The number of ether oxygens (including phenoxy) is 1. The molecule has 1 atom stereocenters. The number of aromatic nitrogens is 1. The Kier molecular flexibility index (Phi) is 5.81. The second-order valence-electron chi connectivity index (χ2n) is 6.27. The van der Waals surface area contributed by atoms with Crippen molar-refractivity contribution in [2.24, 2.45) is 0 Å². The molecule has 0 aliphatic rings. The lowest BCUT2D eigenvalue weighted by atomic mass is 10.1. The van der Waals surface area contributed by atoms with Crippen LogP contribution in [0, 0.1) is 6.92 Å². The van der Waals surface area contributed by atoms with Crippen molar-refractivity contribution < 1.29 is 14.3 Å². The smallest absolute Gasteiger partial charge is 0.279 e. The third-order valence-electron chi connectivity index (χ3n) is 4.11. The van der Waals surface area contributed by atoms with Gasteiger partial charge >= 0.3 is 0 Å². The highest BCUT2D eigenvalue weighted by Crippen LogP contribution is 2.26. The molecular weight excluding hydrogens is 410 g/mol. The van der Waals surface area contributed by atoms with Gasteiger partial charge in [-0.2, -0.15) is 0 Å². The van der Waals surface area contributed by atoms with E-state index in [4.69, 9.17) is 4.74 Å². The SMILES string of the molecule is Cc1ccc(OC(C)C(=O)NNC(=O)Cc2c[nH]c3ccccc23)c(Br)c1. The molecule has 0 radical (unpaired) electrons. The number of para-hydroxylation sites is 1. The summed E-state index contributed by atoms with van der Waals surface area (Å²) in [7, 11) is 0. The van der Waals surface area contributed by atoms with Crippen molar-refractivity contribution in [1.82, 2.24) is 15.8 Å². The van der Waals surface area contributed by atoms with Gasteiger partial charge in [-0.05, 0) is 59.1 Å². The monoisotopic (exact) mass is 429 g/mol. The van der Waals surface area contributed by atoms with Crippen LogP contribution in [0.15, 0.2) is 53.1 Å². The first-order chi connectivity index (χ1) is 12.9. The average Bonchev–Trinajstić information content (AvgIpc) is 3.05. The Morgan fingerprint density at radius 1 is 1.19 bits per heavy atom. The number of carbonyl (C=O) groups is 2. The first-order valence-corrected chi connectivity index (χ1v) is 9.30. The van der Waals surface area contributed by atoms with E-state index in [0.717, 1.165) is 26.5 Å². The van der Waals surface area contributed by atoms with Gasteiger partial charge in [-0.1, -0.05) is 24.3 Å². The van der Waals surface area contributed by atoms with Gasteiger partial charge < -0.3 is 9.72 Å². The Morgan fingerprint density at radius 2 is 1.96 bits per heavy atom. The molecule has 2 aromatic carbocycles. The van der Waals surface area contributed by atoms with Gasteiger partial charge in [0, 0.05) is 17.1 Å². The van der Waals surface area contributed by atoms with Gasteiger partial charge in [0.05, 0.1) is 10.9 Å². The number of benzene rings is 2. The fraction of sp³-hybridized carbons (Fsp3) is 0.200. The molecule has 3 aromatic rings. The number of amides is 2. The summed E-state index contributed by atoms with van der Waals surface area (Å²) in [6, 6.07) is 13.3. The number of hydrazine groups is 1. The van der Waals surface area contributed by atoms with Gasteiger partial charge in [0.1, 0.15) is 5.75 Å². The van der Waals surface area contributed by atoms with Crippen molar-refractivity contribution in [3.8, 4) is 5.75 Å². The second kappa shape index (κ2) is 8.26. The molecule has 1 heterocycles. The van der Waals surface area contributed by atoms with E-state index < -0.39 is 12.0 Å². The Morgan fingerprint density at radius 3 is 2.74 bits per heavy atom. The standard InChI is InChI=1S/C20H20BrN3O3/c1-12-7-8-18(16(21)9-12)27-13(2)20(26)24-23-19(25)10-14-11-22-17-6-4-3-5-15(14)17/h3-9,11,13,22H,10H2,1-2H3,(H,23,25)(H,24,26). The van der Waals surface area contributed by atoms with Crippen molar-refractivity contribution >= 4 is 38.6 Å². The zero-order chi connectivity index (χ0) is 19.4. The van der Waals surface area contributed by atoms with Crippen LogP contribution < -0.4 is 15.6 Å². The molecule has 0 aliphatic carbocycles. The molecule has 27 heavy (non-hydrogen) atoms. The second-order valence-corrected chi connectivity index (χ2v) is 7.12. The van der Waals surface area contributed by atoms with Gasteiger partial charge in [0.2, 0.25) is 5.91 Å². The molecule has 0 fully saturated rings. The van der Waals surface area contributed by atoms with Gasteiger partial charge in [0.15, 0.2) is 6.10 Å². The first kappa shape index (κ1) is 19.0. The lowest BCUT2D eigenvalue weighted by Gasteiger charge is -2.16. The number of aromatic amines is 1. The Hall–Kier alpha value is -2.80. The predicted molar refractivity (Wildman–Crippen MR) is 107 cm³/mol. The van der Waals surface area contributed by atoms with Gasteiger partial charge in [-0.3, -0.25) is 20.4 Å². The molecular formula is C20H20BrN3O3. The maximum absolute atomic E-state index is 12.2. The summed E-state index contributed by atoms with van der Waals surface area (Å²) in [5.74, 6) is -0.181. The van der Waals surface area contributed by atoms with Gasteiger partial charge in [0.25, 0.3) is 5.91 Å². The maximum Gasteiger partial charge on any atom is 0.279 e. The van der Waals surface area contributed by atoms with Crippen LogP contribution in [-0.2, 0) is 16.0 Å². The molecule has 0 saturated heterocycles. The van der Waals surface area contributed by atoms with Crippen molar-refractivity contribution in [2.75, 3.05) is 0 Å². The number of carbonyl (C=O) groups excluding carboxylic acids is 2. The summed E-state index contributed by atoms with van der Waals surface area (Å²) < 4.78 is 6.41. The fourth-order valence-electron chi connectivity index (χ4n) is 2.67. The first-order valence-electron chi connectivity index (χ1n) is 8.50. The summed E-state index contributed by atoms with van der Waals surface area (Å²) in [5, 5.41) is 0.986. The van der Waals surface area contributed by atoms with Crippen LogP contribution in [0.25, 0.3) is 10.9 Å². The summed E-state index contributed by atoms with van der Waals surface area (Å²) >= 11 is 3.41. The van der Waals surface area contributed by atoms with E-state index >= 15 is 0 Å². The van der Waals surface area contributed by atoms with E-state index in [1.54, 1.807) is 19.2 Å². The van der Waals surface area contributed by atoms with Crippen molar-refractivity contribution in [2.45, 2.75) is 26.4 Å². The van der Waals surface area contributed by atoms with Crippen LogP contribution in [0.3, 0.4) is 0 Å². The molecule has 3 rings (SSSR count). The molecule has 0 aliphatic heterocycles. The zero-order valence-corrected chi connectivity index (χ0v) is 16.6. The van der Waals surface area contributed by atoms with Crippen molar-refractivity contribution in [3.05, 3.63) is 64.3 Å². The van der Waals surface area contributed by atoms with Crippen LogP contribution in [-0.4, -0.2) is 22.9 Å². The minimum atomic E-state index is -0.766. The normalized spacial score (nSPS) is 11.8. The van der Waals surface area contributed by atoms with Crippen LogP contribution in [0.5, 0.6) is 5.75 Å². The highest BCUT2D eigenvalue weighted by molar-refractivity contribution is 9.10. The highest BCUT2D eigenvalue weighted by atomic mass is 79.9. The third kappa shape index (κ3) is 4.68. The average molecular weight is 430 g/mol. The zero-order valence-electron chi connectivity index (χ0n) is 15.0. The Bertz CT molecular complexity index is 984. The summed E-state index contributed by atoms with van der Waals surface area (Å²) in [4.78, 5) is 27.4. The fourth-order valence-corrected chi connectivity index (χ4v) is 3.26. The number of halogens is 1. The van der Waals surface area contributed by atoms with E-state index in [2.05, 4.69) is 31.8 Å². The predicted octanol–water partition coefficient (Wildman–Crippen LogP) is 3.40. The van der Waals surface area contributed by atoms with Crippen LogP contribution >= 0.6 is 15.9 Å². The minimum Gasteiger partial charge on any atom is -0.480 e. The van der Waals surface area contributed by atoms with Gasteiger partial charge in [-0.25, -0.2) is 0 Å². The number of aryl methyl sites for hydroxylation is 1. The summed E-state index contributed by atoms with van der Waals surface area (Å²) in [5.41, 5.74) is 7.75.